The maximum atomic E-state index is 12.5. The van der Waals surface area contributed by atoms with Crippen LogP contribution in [0.25, 0.3) is 0 Å². The van der Waals surface area contributed by atoms with Gasteiger partial charge < -0.3 is 14.5 Å². The lowest BCUT2D eigenvalue weighted by Crippen LogP contribution is -2.20. The first-order valence-electron chi connectivity index (χ1n) is 8.20. The average Bonchev–Trinajstić information content (AvgIpc) is 3.17. The van der Waals surface area contributed by atoms with Crippen LogP contribution in [0.2, 0.25) is 0 Å². The molecule has 0 amide bonds. The number of alkyl halides is 3. The Balaban J connectivity index is 1.98. The summed E-state index contributed by atoms with van der Waals surface area (Å²) in [6, 6.07) is 0.723. The van der Waals surface area contributed by atoms with Crippen molar-refractivity contribution in [2.45, 2.75) is 33.5 Å². The molecule has 0 aromatic carbocycles. The third kappa shape index (κ3) is 4.78. The van der Waals surface area contributed by atoms with Crippen molar-refractivity contribution in [3.63, 3.8) is 0 Å². The predicted octanol–water partition coefficient (Wildman–Crippen LogP) is 2.45. The fourth-order valence-electron chi connectivity index (χ4n) is 2.54. The molecule has 8 nitrogen and oxygen atoms in total. The van der Waals surface area contributed by atoms with E-state index in [9.17, 15) is 27.6 Å². The van der Waals surface area contributed by atoms with Crippen LogP contribution in [0, 0.1) is 13.8 Å². The van der Waals surface area contributed by atoms with Crippen LogP contribution in [0.5, 0.6) is 0 Å². The van der Waals surface area contributed by atoms with Crippen LogP contribution in [-0.4, -0.2) is 45.7 Å². The van der Waals surface area contributed by atoms with E-state index < -0.39 is 42.7 Å². The zero-order valence-corrected chi connectivity index (χ0v) is 15.3. The van der Waals surface area contributed by atoms with Gasteiger partial charge in [-0.3, -0.25) is 14.3 Å². The lowest BCUT2D eigenvalue weighted by atomic mass is 10.1. The van der Waals surface area contributed by atoms with Gasteiger partial charge in [0.2, 0.25) is 5.78 Å². The number of hydrogen-bond acceptors (Lipinski definition) is 6. The maximum Gasteiger partial charge on any atom is 0.435 e. The summed E-state index contributed by atoms with van der Waals surface area (Å²) in [4.78, 5) is 38.7. The second-order valence-corrected chi connectivity index (χ2v) is 5.83. The molecule has 0 spiro atoms. The van der Waals surface area contributed by atoms with Gasteiger partial charge in [0.15, 0.2) is 12.3 Å². The highest BCUT2D eigenvalue weighted by molar-refractivity contribution is 6.02. The van der Waals surface area contributed by atoms with Gasteiger partial charge in [-0.15, -0.1) is 0 Å². The zero-order chi connectivity index (χ0) is 21.1. The van der Waals surface area contributed by atoms with Gasteiger partial charge >= 0.3 is 18.1 Å². The summed E-state index contributed by atoms with van der Waals surface area (Å²) in [6.45, 7) is 3.74. The number of Topliss-reactive ketones (excluding diaryl/α,β-unsaturated/α-hetero) is 1. The predicted molar refractivity (Wildman–Crippen MR) is 88.7 cm³/mol. The Morgan fingerprint density at radius 3 is 2.46 bits per heavy atom. The van der Waals surface area contributed by atoms with E-state index in [0.717, 1.165) is 16.9 Å². The summed E-state index contributed by atoms with van der Waals surface area (Å²) in [5, 5.41) is 3.22. The second kappa shape index (κ2) is 8.28. The van der Waals surface area contributed by atoms with E-state index in [0.29, 0.717) is 11.3 Å². The normalized spacial score (nSPS) is 11.4. The highest BCUT2D eigenvalue weighted by Gasteiger charge is 2.33. The molecule has 0 unspecified atom stereocenters. The smallest absolute Gasteiger partial charge is 0.435 e. The lowest BCUT2D eigenvalue weighted by Gasteiger charge is -2.05. The van der Waals surface area contributed by atoms with Crippen molar-refractivity contribution in [3.8, 4) is 0 Å². The number of carbonyl (C=O) groups excluding carboxylic acids is 3. The number of halogens is 3. The van der Waals surface area contributed by atoms with Gasteiger partial charge in [-0.25, -0.2) is 4.79 Å². The number of nitrogens with zero attached hydrogens (tertiary/aromatic N) is 2. The van der Waals surface area contributed by atoms with Crippen LogP contribution in [0.1, 0.15) is 44.7 Å². The zero-order valence-electron chi connectivity index (χ0n) is 15.3. The van der Waals surface area contributed by atoms with Gasteiger partial charge in [0.1, 0.15) is 6.54 Å². The lowest BCUT2D eigenvalue weighted by molar-refractivity contribution is -0.145. The number of nitrogens with one attached hydrogen (secondary N) is 1. The Bertz CT molecular complexity index is 898. The molecule has 2 aromatic heterocycles. The third-order valence-corrected chi connectivity index (χ3v) is 3.78. The molecule has 0 atom stereocenters. The van der Waals surface area contributed by atoms with Crippen molar-refractivity contribution in [1.29, 1.82) is 0 Å². The molecule has 0 bridgehead atoms. The highest BCUT2D eigenvalue weighted by atomic mass is 19.4. The van der Waals surface area contributed by atoms with Gasteiger partial charge in [-0.05, 0) is 32.4 Å². The summed E-state index contributed by atoms with van der Waals surface area (Å²) >= 11 is 0. The number of rotatable bonds is 7. The number of H-pyrrole nitrogens is 1. The molecule has 2 heterocycles. The Morgan fingerprint density at radius 1 is 1.21 bits per heavy atom. The number of aromatic amines is 1. The molecule has 1 N–H and O–H groups in total. The number of ether oxygens (including phenoxy) is 2. The second-order valence-electron chi connectivity index (χ2n) is 5.83. The standard InChI is InChI=1S/C17H18F3N3O5/c1-4-27-16(26)14-9(2)15(21-10(14)3)11(24)8-28-13(25)7-23-6-5-12(22-23)17(18,19)20/h5-6,21H,4,7-8H2,1-3H3. The molecule has 2 aromatic rings. The Morgan fingerprint density at radius 2 is 1.89 bits per heavy atom. The number of esters is 2. The maximum absolute atomic E-state index is 12.5. The summed E-state index contributed by atoms with van der Waals surface area (Å²) < 4.78 is 47.9. The fraction of sp³-hybridized carbons (Fsp3) is 0.412. The molecule has 0 saturated heterocycles. The largest absolute Gasteiger partial charge is 0.462 e. The number of hydrogen-bond donors (Lipinski definition) is 1. The quantitative estimate of drug-likeness (QED) is 0.565. The molecule has 28 heavy (non-hydrogen) atoms. The van der Waals surface area contributed by atoms with Crippen LogP contribution in [0.3, 0.4) is 0 Å². The van der Waals surface area contributed by atoms with E-state index >= 15 is 0 Å². The molecule has 0 aliphatic carbocycles. The van der Waals surface area contributed by atoms with Crippen LogP contribution in [0.15, 0.2) is 12.3 Å². The molecule has 0 saturated carbocycles. The molecule has 0 fully saturated rings. The first kappa shape index (κ1) is 21.2. The minimum atomic E-state index is -4.62. The molecule has 11 heteroatoms. The van der Waals surface area contributed by atoms with Gasteiger partial charge in [0.25, 0.3) is 0 Å². The Labute approximate surface area is 157 Å². The van der Waals surface area contributed by atoms with Gasteiger partial charge in [0, 0.05) is 11.9 Å². The van der Waals surface area contributed by atoms with Gasteiger partial charge in [-0.1, -0.05) is 0 Å². The molecule has 2 rings (SSSR count). The molecular formula is C17H18F3N3O5. The van der Waals surface area contributed by atoms with Crippen molar-refractivity contribution in [1.82, 2.24) is 14.8 Å². The molecule has 0 radical (unpaired) electrons. The van der Waals surface area contributed by atoms with Crippen molar-refractivity contribution in [2.75, 3.05) is 13.2 Å². The first-order chi connectivity index (χ1) is 13.0. The van der Waals surface area contributed by atoms with Crippen LogP contribution >= 0.6 is 0 Å². The van der Waals surface area contributed by atoms with Crippen molar-refractivity contribution < 1.29 is 37.0 Å². The minimum Gasteiger partial charge on any atom is -0.462 e. The topological polar surface area (TPSA) is 103 Å². The van der Waals surface area contributed by atoms with E-state index in [1.165, 1.54) is 0 Å². The van der Waals surface area contributed by atoms with Crippen LogP contribution < -0.4 is 0 Å². The third-order valence-electron chi connectivity index (χ3n) is 3.78. The van der Waals surface area contributed by atoms with E-state index in [1.54, 1.807) is 20.8 Å². The number of aryl methyl sites for hydroxylation is 1. The minimum absolute atomic E-state index is 0.0896. The average molecular weight is 401 g/mol. The monoisotopic (exact) mass is 401 g/mol. The molecule has 152 valence electrons. The Kier molecular flexibility index (Phi) is 6.26. The van der Waals surface area contributed by atoms with Gasteiger partial charge in [0.05, 0.1) is 17.9 Å². The van der Waals surface area contributed by atoms with E-state index in [-0.39, 0.29) is 17.9 Å². The summed E-state index contributed by atoms with van der Waals surface area (Å²) in [5.41, 5.74) is -0.0272. The number of ketones is 1. The van der Waals surface area contributed by atoms with Crippen molar-refractivity contribution >= 4 is 17.7 Å². The fourth-order valence-corrected chi connectivity index (χ4v) is 2.54. The first-order valence-corrected chi connectivity index (χ1v) is 8.20. The molecule has 0 aliphatic heterocycles. The number of aromatic nitrogens is 3. The molecule has 0 aliphatic rings. The van der Waals surface area contributed by atoms with Crippen LogP contribution in [0.4, 0.5) is 13.2 Å². The van der Waals surface area contributed by atoms with E-state index in [4.69, 9.17) is 9.47 Å². The summed E-state index contributed by atoms with van der Waals surface area (Å²) in [6.07, 6.45) is -3.64. The van der Waals surface area contributed by atoms with E-state index in [1.807, 2.05) is 0 Å². The molecular weight excluding hydrogens is 383 g/mol. The van der Waals surface area contributed by atoms with Crippen LogP contribution in [-0.2, 0) is 27.0 Å². The highest BCUT2D eigenvalue weighted by Crippen LogP contribution is 2.27. The number of carbonyl (C=O) groups is 3. The van der Waals surface area contributed by atoms with Crippen molar-refractivity contribution in [2.24, 2.45) is 0 Å². The van der Waals surface area contributed by atoms with Crippen molar-refractivity contribution in [3.05, 3.63) is 40.5 Å². The van der Waals surface area contributed by atoms with Gasteiger partial charge in [-0.2, -0.15) is 18.3 Å². The SMILES string of the molecule is CCOC(=O)c1c(C)[nH]c(C(=O)COC(=O)Cn2ccc(C(F)(F)F)n2)c1C. The Hall–Kier alpha value is -3.11. The summed E-state index contributed by atoms with van der Waals surface area (Å²) in [7, 11) is 0. The summed E-state index contributed by atoms with van der Waals surface area (Å²) in [5.74, 6) is -2.11. The van der Waals surface area contributed by atoms with E-state index in [2.05, 4.69) is 10.1 Å².